The van der Waals surface area contributed by atoms with Crippen molar-refractivity contribution in [1.29, 1.82) is 0 Å². The van der Waals surface area contributed by atoms with E-state index < -0.39 is 11.5 Å². The maximum atomic E-state index is 12.6. The number of aromatic nitrogens is 2. The van der Waals surface area contributed by atoms with E-state index in [1.54, 1.807) is 32.6 Å². The molecule has 25 heavy (non-hydrogen) atoms. The van der Waals surface area contributed by atoms with Crippen molar-refractivity contribution >= 4 is 11.9 Å². The summed E-state index contributed by atoms with van der Waals surface area (Å²) < 4.78 is 6.99. The first-order chi connectivity index (χ1) is 11.7. The maximum Gasteiger partial charge on any atom is 0.303 e. The van der Waals surface area contributed by atoms with Crippen LogP contribution >= 0.6 is 0 Å². The van der Waals surface area contributed by atoms with E-state index >= 15 is 0 Å². The second kappa shape index (κ2) is 7.38. The van der Waals surface area contributed by atoms with Gasteiger partial charge in [-0.25, -0.2) is 4.68 Å². The molecule has 0 aliphatic heterocycles. The van der Waals surface area contributed by atoms with Crippen LogP contribution in [0.15, 0.2) is 30.5 Å². The number of hydrogen-bond donors (Lipinski definition) is 2. The number of benzene rings is 1. The van der Waals surface area contributed by atoms with Gasteiger partial charge in [-0.15, -0.1) is 0 Å². The van der Waals surface area contributed by atoms with Gasteiger partial charge in [-0.2, -0.15) is 5.10 Å². The summed E-state index contributed by atoms with van der Waals surface area (Å²) in [5, 5.41) is 16.0. The monoisotopic (exact) mass is 345 g/mol. The lowest BCUT2D eigenvalue weighted by Gasteiger charge is -2.25. The molecule has 0 fully saturated rings. The van der Waals surface area contributed by atoms with E-state index in [4.69, 9.17) is 9.84 Å². The first-order valence-electron chi connectivity index (χ1n) is 7.97. The third kappa shape index (κ3) is 4.37. The van der Waals surface area contributed by atoms with E-state index in [9.17, 15) is 9.59 Å². The Morgan fingerprint density at radius 3 is 2.64 bits per heavy atom. The predicted molar refractivity (Wildman–Crippen MR) is 93.3 cm³/mol. The second-order valence-corrected chi connectivity index (χ2v) is 6.46. The Balaban J connectivity index is 2.23. The number of hydrogen-bond acceptors (Lipinski definition) is 4. The van der Waals surface area contributed by atoms with Gasteiger partial charge in [0.2, 0.25) is 0 Å². The molecule has 0 bridgehead atoms. The first kappa shape index (κ1) is 18.5. The van der Waals surface area contributed by atoms with Gasteiger partial charge in [0.25, 0.3) is 5.91 Å². The average Bonchev–Trinajstić information content (AvgIpc) is 2.94. The van der Waals surface area contributed by atoms with E-state index in [1.807, 2.05) is 24.3 Å². The van der Waals surface area contributed by atoms with E-state index in [-0.39, 0.29) is 12.3 Å². The molecular formula is C18H23N3O4. The molecule has 0 aliphatic rings. The maximum absolute atomic E-state index is 12.6. The number of carboxylic acid groups (broad SMARTS) is 1. The summed E-state index contributed by atoms with van der Waals surface area (Å²) in [6, 6.07) is 7.41. The highest BCUT2D eigenvalue weighted by atomic mass is 16.5. The van der Waals surface area contributed by atoms with Gasteiger partial charge >= 0.3 is 5.97 Å². The van der Waals surface area contributed by atoms with E-state index in [1.165, 1.54) is 6.20 Å². The lowest BCUT2D eigenvalue weighted by atomic mass is 9.98. The Morgan fingerprint density at radius 1 is 1.32 bits per heavy atom. The Morgan fingerprint density at radius 2 is 2.00 bits per heavy atom. The minimum atomic E-state index is -0.887. The first-order valence-corrected chi connectivity index (χ1v) is 7.97. The number of carbonyl (C=O) groups excluding carboxylic acids is 1. The van der Waals surface area contributed by atoms with Crippen molar-refractivity contribution in [3.05, 3.63) is 41.7 Å². The van der Waals surface area contributed by atoms with Crippen LogP contribution in [0.1, 0.15) is 42.7 Å². The molecule has 0 radical (unpaired) electrons. The Bertz CT molecular complexity index is 780. The van der Waals surface area contributed by atoms with Crippen LogP contribution in [-0.4, -0.2) is 39.4 Å². The molecule has 0 aliphatic carbocycles. The van der Waals surface area contributed by atoms with E-state index in [0.29, 0.717) is 23.4 Å². The lowest BCUT2D eigenvalue weighted by Crippen LogP contribution is -2.43. The summed E-state index contributed by atoms with van der Waals surface area (Å²) in [7, 11) is 1.58. The molecule has 7 nitrogen and oxygen atoms in total. The number of nitrogens with one attached hydrogen (secondary N) is 1. The molecule has 1 aromatic heterocycles. The summed E-state index contributed by atoms with van der Waals surface area (Å²) in [6.07, 6.45) is 1.84. The largest absolute Gasteiger partial charge is 0.494 e. The normalized spacial score (nSPS) is 11.2. The number of nitrogens with zero attached hydrogens (tertiary/aromatic N) is 2. The SMILES string of the molecule is COc1ccccc1-n1ncc(C(=O)NC(C)(C)CCC(=O)O)c1C. The predicted octanol–water partition coefficient (Wildman–Crippen LogP) is 2.56. The molecule has 1 heterocycles. The van der Waals surface area contributed by atoms with Crippen LogP contribution in [0, 0.1) is 6.92 Å². The van der Waals surface area contributed by atoms with Gasteiger partial charge in [0, 0.05) is 12.0 Å². The summed E-state index contributed by atoms with van der Waals surface area (Å²) in [5.74, 6) is -0.515. The highest BCUT2D eigenvalue weighted by Crippen LogP contribution is 2.24. The molecular weight excluding hydrogens is 322 g/mol. The number of methoxy groups -OCH3 is 1. The van der Waals surface area contributed by atoms with Crippen LogP contribution in [0.5, 0.6) is 5.75 Å². The number of aliphatic carboxylic acids is 1. The lowest BCUT2D eigenvalue weighted by molar-refractivity contribution is -0.137. The van der Waals surface area contributed by atoms with Crippen LogP contribution in [0.2, 0.25) is 0 Å². The van der Waals surface area contributed by atoms with E-state index in [0.717, 1.165) is 5.69 Å². The number of rotatable bonds is 7. The van der Waals surface area contributed by atoms with Crippen molar-refractivity contribution in [1.82, 2.24) is 15.1 Å². The second-order valence-electron chi connectivity index (χ2n) is 6.46. The smallest absolute Gasteiger partial charge is 0.303 e. The van der Waals surface area contributed by atoms with Gasteiger partial charge in [-0.3, -0.25) is 9.59 Å². The quantitative estimate of drug-likeness (QED) is 0.804. The van der Waals surface area contributed by atoms with Gasteiger partial charge in [0.15, 0.2) is 0 Å². The summed E-state index contributed by atoms with van der Waals surface area (Å²) in [5.41, 5.74) is 1.23. The van der Waals surface area contributed by atoms with Gasteiger partial charge in [-0.05, 0) is 39.3 Å². The van der Waals surface area contributed by atoms with Crippen molar-refractivity contribution in [2.24, 2.45) is 0 Å². The fourth-order valence-electron chi connectivity index (χ4n) is 2.54. The van der Waals surface area contributed by atoms with Crippen LogP contribution in [-0.2, 0) is 4.79 Å². The number of amides is 1. The molecule has 1 amide bonds. The number of para-hydroxylation sites is 2. The summed E-state index contributed by atoms with van der Waals surface area (Å²) in [6.45, 7) is 5.40. The zero-order valence-corrected chi connectivity index (χ0v) is 14.9. The molecule has 0 saturated carbocycles. The molecule has 0 unspecified atom stereocenters. The molecule has 0 saturated heterocycles. The average molecular weight is 345 g/mol. The standard InChI is InChI=1S/C18H23N3O4/c1-12-13(17(24)20-18(2,3)10-9-16(22)23)11-19-21(12)14-7-5-6-8-15(14)25-4/h5-8,11H,9-10H2,1-4H3,(H,20,24)(H,22,23). The molecule has 2 N–H and O–H groups in total. The fraction of sp³-hybridized carbons (Fsp3) is 0.389. The minimum absolute atomic E-state index is 0.00720. The number of carboxylic acids is 1. The zero-order chi connectivity index (χ0) is 18.6. The van der Waals surface area contributed by atoms with Gasteiger partial charge in [0.05, 0.1) is 24.6 Å². The van der Waals surface area contributed by atoms with E-state index in [2.05, 4.69) is 10.4 Å². The highest BCUT2D eigenvalue weighted by molar-refractivity contribution is 5.95. The summed E-state index contributed by atoms with van der Waals surface area (Å²) in [4.78, 5) is 23.3. The third-order valence-corrected chi connectivity index (χ3v) is 3.98. The fourth-order valence-corrected chi connectivity index (χ4v) is 2.54. The van der Waals surface area contributed by atoms with Crippen molar-refractivity contribution in [2.45, 2.75) is 39.2 Å². The minimum Gasteiger partial charge on any atom is -0.494 e. The zero-order valence-electron chi connectivity index (χ0n) is 14.9. The van der Waals surface area contributed by atoms with Gasteiger partial charge in [-0.1, -0.05) is 12.1 Å². The molecule has 134 valence electrons. The van der Waals surface area contributed by atoms with Gasteiger partial charge in [0.1, 0.15) is 11.4 Å². The molecule has 2 rings (SSSR count). The van der Waals surface area contributed by atoms with Crippen molar-refractivity contribution in [2.75, 3.05) is 7.11 Å². The van der Waals surface area contributed by atoms with Crippen LogP contribution in [0.3, 0.4) is 0 Å². The Kier molecular flexibility index (Phi) is 5.46. The van der Waals surface area contributed by atoms with Crippen molar-refractivity contribution < 1.29 is 19.4 Å². The van der Waals surface area contributed by atoms with Crippen molar-refractivity contribution in [3.63, 3.8) is 0 Å². The number of carbonyl (C=O) groups is 2. The highest BCUT2D eigenvalue weighted by Gasteiger charge is 2.24. The van der Waals surface area contributed by atoms with Gasteiger partial charge < -0.3 is 15.2 Å². The molecule has 7 heteroatoms. The van der Waals surface area contributed by atoms with Crippen LogP contribution in [0.25, 0.3) is 5.69 Å². The van der Waals surface area contributed by atoms with Crippen LogP contribution < -0.4 is 10.1 Å². The topological polar surface area (TPSA) is 93.5 Å². The number of ether oxygens (including phenoxy) is 1. The van der Waals surface area contributed by atoms with Crippen molar-refractivity contribution in [3.8, 4) is 11.4 Å². The Labute approximate surface area is 146 Å². The molecule has 0 spiro atoms. The molecule has 1 aromatic carbocycles. The molecule has 0 atom stereocenters. The molecule has 2 aromatic rings. The summed E-state index contributed by atoms with van der Waals surface area (Å²) >= 11 is 0. The van der Waals surface area contributed by atoms with Crippen LogP contribution in [0.4, 0.5) is 0 Å². The Hall–Kier alpha value is -2.83. The third-order valence-electron chi connectivity index (χ3n) is 3.98.